The average Bonchev–Trinajstić information content (AvgIpc) is 4.19. The summed E-state index contributed by atoms with van der Waals surface area (Å²) >= 11 is 1.94. The molecule has 0 spiro atoms. The first-order valence-corrected chi connectivity index (χ1v) is 25.1. The molecule has 4 nitrogen and oxygen atoms in total. The first kappa shape index (κ1) is 39.8. The van der Waals surface area contributed by atoms with Crippen LogP contribution in [-0.4, -0.2) is 13.7 Å². The van der Waals surface area contributed by atoms with Crippen LogP contribution in [0.1, 0.15) is 0 Å². The van der Waals surface area contributed by atoms with E-state index in [1.807, 2.05) is 11.3 Å². The normalized spacial score (nSPS) is 11.9. The zero-order valence-corrected chi connectivity index (χ0v) is 39.3. The maximum absolute atomic E-state index is 2.45. The second kappa shape index (κ2) is 15.7. The summed E-state index contributed by atoms with van der Waals surface area (Å²) in [6.07, 6.45) is 0. The molecule has 0 atom stereocenters. The molecule has 5 heteroatoms. The molecule has 0 unspecified atom stereocenters. The minimum absolute atomic E-state index is 1.12. The molecule has 0 saturated heterocycles. The predicted octanol–water partition coefficient (Wildman–Crippen LogP) is 18.5. The molecule has 0 N–H and O–H groups in total. The van der Waals surface area contributed by atoms with Gasteiger partial charge in [0.1, 0.15) is 0 Å². The van der Waals surface area contributed by atoms with Crippen LogP contribution in [0.25, 0.3) is 114 Å². The van der Waals surface area contributed by atoms with Crippen molar-refractivity contribution in [1.82, 2.24) is 13.7 Å². The Labute approximate surface area is 413 Å². The largest absolute Gasteiger partial charge is 0.311 e. The van der Waals surface area contributed by atoms with Gasteiger partial charge in [-0.3, -0.25) is 0 Å². The van der Waals surface area contributed by atoms with Gasteiger partial charge in [-0.2, -0.15) is 0 Å². The zero-order valence-electron chi connectivity index (χ0n) is 38.4. The summed E-state index contributed by atoms with van der Waals surface area (Å²) in [5.41, 5.74) is 16.5. The fourth-order valence-electron chi connectivity index (χ4n) is 11.5. The van der Waals surface area contributed by atoms with E-state index >= 15 is 0 Å². The van der Waals surface area contributed by atoms with Crippen LogP contribution in [0.5, 0.6) is 0 Å². The van der Waals surface area contributed by atoms with Gasteiger partial charge in [0.15, 0.2) is 0 Å². The maximum atomic E-state index is 2.45. The van der Waals surface area contributed by atoms with Crippen LogP contribution in [0.4, 0.5) is 17.1 Å². The minimum atomic E-state index is 1.12. The third-order valence-electron chi connectivity index (χ3n) is 14.6. The molecule has 0 amide bonds. The van der Waals surface area contributed by atoms with Gasteiger partial charge in [0, 0.05) is 86.6 Å². The molecule has 4 aromatic heterocycles. The SMILES string of the molecule is c1ccc(N(c2ccccc2)c2ccc(-c3ccc(-n4c5ccccc5c5c6sc7c(ccc8c7c7ccccc7n8-c7ccc(-n8c9ccccc9c9ccccc98)cc7)c6ccc54)cc3)cc2)cc1. The van der Waals surface area contributed by atoms with Gasteiger partial charge < -0.3 is 18.6 Å². The van der Waals surface area contributed by atoms with E-state index in [9.17, 15) is 0 Å². The Balaban J connectivity index is 0.830. The van der Waals surface area contributed by atoms with E-state index in [-0.39, 0.29) is 0 Å². The Kier molecular flexibility index (Phi) is 8.79. The number of rotatable bonds is 7. The highest BCUT2D eigenvalue weighted by Crippen LogP contribution is 2.48. The minimum Gasteiger partial charge on any atom is -0.311 e. The Morgan fingerprint density at radius 3 is 1.00 bits per heavy atom. The summed E-state index contributed by atoms with van der Waals surface area (Å²) in [5, 5.41) is 10.3. The lowest BCUT2D eigenvalue weighted by molar-refractivity contribution is 1.14. The van der Waals surface area contributed by atoms with E-state index in [2.05, 4.69) is 273 Å². The van der Waals surface area contributed by atoms with Crippen LogP contribution in [0.2, 0.25) is 0 Å². The molecule has 0 bridgehead atoms. The van der Waals surface area contributed by atoms with Gasteiger partial charge >= 0.3 is 0 Å². The van der Waals surface area contributed by atoms with Gasteiger partial charge in [-0.05, 0) is 120 Å². The molecule has 15 rings (SSSR count). The quantitative estimate of drug-likeness (QED) is 0.156. The second-order valence-electron chi connectivity index (χ2n) is 18.5. The molecule has 332 valence electrons. The summed E-state index contributed by atoms with van der Waals surface area (Å²) in [5.74, 6) is 0. The number of para-hydroxylation sites is 6. The maximum Gasteiger partial charge on any atom is 0.0555 e. The molecule has 0 fully saturated rings. The fraction of sp³-hybridized carbons (Fsp3) is 0. The fourth-order valence-corrected chi connectivity index (χ4v) is 12.9. The van der Waals surface area contributed by atoms with E-state index in [4.69, 9.17) is 0 Å². The molecule has 0 radical (unpaired) electrons. The highest BCUT2D eigenvalue weighted by Gasteiger charge is 2.22. The second-order valence-corrected chi connectivity index (χ2v) is 19.5. The Hall–Kier alpha value is -9.16. The number of fused-ring (bicyclic) bond motifs is 14. The van der Waals surface area contributed by atoms with E-state index < -0.39 is 0 Å². The Bertz CT molecular complexity index is 4450. The van der Waals surface area contributed by atoms with E-state index in [1.165, 1.54) is 96.7 Å². The van der Waals surface area contributed by atoms with Crippen molar-refractivity contribution < 1.29 is 0 Å². The van der Waals surface area contributed by atoms with Crippen LogP contribution in [-0.2, 0) is 0 Å². The van der Waals surface area contributed by atoms with E-state index in [1.54, 1.807) is 0 Å². The first-order valence-electron chi connectivity index (χ1n) is 24.3. The van der Waals surface area contributed by atoms with Gasteiger partial charge in [0.25, 0.3) is 0 Å². The lowest BCUT2D eigenvalue weighted by Crippen LogP contribution is -2.09. The number of thiophene rings is 1. The van der Waals surface area contributed by atoms with Gasteiger partial charge in [-0.15, -0.1) is 11.3 Å². The Morgan fingerprint density at radius 2 is 0.563 bits per heavy atom. The molecular weight excluding hydrogens is 881 g/mol. The van der Waals surface area contributed by atoms with Crippen molar-refractivity contribution in [2.75, 3.05) is 4.90 Å². The standard InChI is InChI=1S/C66H42N4S/c1-3-15-45(16-4-1)67(46-17-5-2-6-18-46)47-31-27-43(28-32-47)44-29-33-48(34-30-44)69-59-25-13-9-21-55(59)63-61(69)41-39-53-54-40-42-62-64(66(54)71-65(53)63)56-22-10-14-26-60(56)70(62)50-37-35-49(36-38-50)68-57-23-11-7-19-51(57)52-20-8-12-24-58(52)68/h1-42H. The van der Waals surface area contributed by atoms with Crippen LogP contribution >= 0.6 is 11.3 Å². The van der Waals surface area contributed by atoms with E-state index in [0.717, 1.165) is 34.1 Å². The van der Waals surface area contributed by atoms with Crippen molar-refractivity contribution in [3.8, 4) is 28.2 Å². The molecule has 4 heterocycles. The van der Waals surface area contributed by atoms with Gasteiger partial charge in [-0.1, -0.05) is 146 Å². The topological polar surface area (TPSA) is 18.0 Å². The average molecular weight is 923 g/mol. The van der Waals surface area contributed by atoms with Gasteiger partial charge in [0.2, 0.25) is 0 Å². The summed E-state index contributed by atoms with van der Waals surface area (Å²) in [6, 6.07) is 92.9. The summed E-state index contributed by atoms with van der Waals surface area (Å²) < 4.78 is 9.94. The van der Waals surface area contributed by atoms with Gasteiger partial charge in [-0.25, -0.2) is 0 Å². The molecular formula is C66H42N4S. The van der Waals surface area contributed by atoms with Crippen LogP contribution in [0.3, 0.4) is 0 Å². The Morgan fingerprint density at radius 1 is 0.239 bits per heavy atom. The van der Waals surface area contributed by atoms with Crippen molar-refractivity contribution in [2.45, 2.75) is 0 Å². The highest BCUT2D eigenvalue weighted by molar-refractivity contribution is 7.27. The van der Waals surface area contributed by atoms with Crippen molar-refractivity contribution >= 4 is 114 Å². The number of anilines is 3. The molecule has 0 saturated carbocycles. The van der Waals surface area contributed by atoms with Crippen molar-refractivity contribution in [2.24, 2.45) is 0 Å². The number of hydrogen-bond acceptors (Lipinski definition) is 2. The van der Waals surface area contributed by atoms with Crippen LogP contribution in [0, 0.1) is 0 Å². The molecule has 0 aliphatic rings. The lowest BCUT2D eigenvalue weighted by Gasteiger charge is -2.25. The van der Waals surface area contributed by atoms with Crippen LogP contribution < -0.4 is 4.90 Å². The molecule has 15 aromatic rings. The number of nitrogens with zero attached hydrogens (tertiary/aromatic N) is 4. The lowest BCUT2D eigenvalue weighted by atomic mass is 10.0. The highest BCUT2D eigenvalue weighted by atomic mass is 32.1. The molecule has 0 aliphatic carbocycles. The van der Waals surface area contributed by atoms with Crippen molar-refractivity contribution in [3.05, 3.63) is 255 Å². The third kappa shape index (κ3) is 6.03. The third-order valence-corrected chi connectivity index (χ3v) is 15.9. The van der Waals surface area contributed by atoms with Gasteiger partial charge in [0.05, 0.1) is 33.1 Å². The number of hydrogen-bond donors (Lipinski definition) is 0. The first-order chi connectivity index (χ1) is 35.2. The molecule has 71 heavy (non-hydrogen) atoms. The van der Waals surface area contributed by atoms with Crippen molar-refractivity contribution in [3.63, 3.8) is 0 Å². The summed E-state index contributed by atoms with van der Waals surface area (Å²) in [4.78, 5) is 2.30. The van der Waals surface area contributed by atoms with Crippen molar-refractivity contribution in [1.29, 1.82) is 0 Å². The van der Waals surface area contributed by atoms with E-state index in [0.29, 0.717) is 0 Å². The van der Waals surface area contributed by atoms with Crippen LogP contribution in [0.15, 0.2) is 255 Å². The molecule has 0 aliphatic heterocycles. The zero-order chi connectivity index (χ0) is 46.6. The number of benzene rings is 11. The smallest absolute Gasteiger partial charge is 0.0555 e. The predicted molar refractivity (Wildman–Crippen MR) is 302 cm³/mol. The number of aromatic nitrogens is 3. The summed E-state index contributed by atoms with van der Waals surface area (Å²) in [6.45, 7) is 0. The molecule has 11 aromatic carbocycles. The monoisotopic (exact) mass is 922 g/mol. The summed E-state index contributed by atoms with van der Waals surface area (Å²) in [7, 11) is 0.